The van der Waals surface area contributed by atoms with E-state index in [2.05, 4.69) is 10.3 Å². The van der Waals surface area contributed by atoms with E-state index >= 15 is 0 Å². The molecule has 4 N–H and O–H groups in total. The van der Waals surface area contributed by atoms with E-state index in [0.717, 1.165) is 31.4 Å². The number of benzene rings is 2. The molecular weight excluding hydrogens is 400 g/mol. The molecule has 0 unspecified atom stereocenters. The van der Waals surface area contributed by atoms with E-state index in [1.165, 1.54) is 6.07 Å². The molecule has 4 nitrogen and oxygen atoms in total. The fourth-order valence-corrected chi connectivity index (χ4v) is 4.21. The molecule has 2 aromatic carbocycles. The lowest BCUT2D eigenvalue weighted by molar-refractivity contribution is 0.411. The Kier molecular flexibility index (Phi) is 5.32. The van der Waals surface area contributed by atoms with Crippen molar-refractivity contribution in [3.8, 4) is 16.9 Å². The first-order valence-corrected chi connectivity index (χ1v) is 9.96. The Labute approximate surface area is 172 Å². The predicted octanol–water partition coefficient (Wildman–Crippen LogP) is 5.74. The lowest BCUT2D eigenvalue weighted by Crippen LogP contribution is -2.32. The molecule has 0 aliphatic heterocycles. The van der Waals surface area contributed by atoms with Gasteiger partial charge in [-0.15, -0.1) is 0 Å². The number of nitrogens with one attached hydrogen (secondary N) is 1. The van der Waals surface area contributed by atoms with Crippen molar-refractivity contribution in [3.63, 3.8) is 0 Å². The highest BCUT2D eigenvalue weighted by Gasteiger charge is 2.20. The summed E-state index contributed by atoms with van der Waals surface area (Å²) in [7, 11) is 0. The monoisotopic (exact) mass is 419 g/mol. The number of hydrogen-bond donors (Lipinski definition) is 3. The molecule has 1 aromatic heterocycles. The van der Waals surface area contributed by atoms with Crippen LogP contribution in [0.1, 0.15) is 25.7 Å². The second-order valence-electron chi connectivity index (χ2n) is 7.26. The van der Waals surface area contributed by atoms with Gasteiger partial charge in [-0.25, -0.2) is 4.39 Å². The van der Waals surface area contributed by atoms with Gasteiger partial charge in [0.25, 0.3) is 0 Å². The molecule has 3 aromatic rings. The molecule has 1 fully saturated rings. The van der Waals surface area contributed by atoms with Crippen molar-refractivity contribution in [2.75, 3.05) is 5.32 Å². The summed E-state index contributed by atoms with van der Waals surface area (Å²) in [6.45, 7) is 0. The first-order valence-electron chi connectivity index (χ1n) is 9.21. The van der Waals surface area contributed by atoms with Crippen molar-refractivity contribution >= 4 is 39.8 Å². The first-order chi connectivity index (χ1) is 13.4. The Morgan fingerprint density at radius 2 is 1.68 bits per heavy atom. The van der Waals surface area contributed by atoms with Crippen LogP contribution in [0.15, 0.2) is 36.5 Å². The van der Waals surface area contributed by atoms with Crippen molar-refractivity contribution in [2.45, 2.75) is 37.8 Å². The van der Waals surface area contributed by atoms with E-state index in [9.17, 15) is 9.50 Å². The SMILES string of the molecule is NC1CCC(Nc2ccnc3c(F)cc(-c4cc(Cl)c(O)c(Cl)c4)cc23)CC1. The van der Waals surface area contributed by atoms with Gasteiger partial charge in [-0.2, -0.15) is 0 Å². The number of hydrogen-bond acceptors (Lipinski definition) is 4. The van der Waals surface area contributed by atoms with E-state index in [-0.39, 0.29) is 21.8 Å². The molecule has 1 aliphatic carbocycles. The third-order valence-electron chi connectivity index (χ3n) is 5.28. The minimum Gasteiger partial charge on any atom is -0.505 e. The molecule has 146 valence electrons. The Balaban J connectivity index is 1.76. The van der Waals surface area contributed by atoms with Gasteiger partial charge in [-0.3, -0.25) is 4.98 Å². The lowest BCUT2D eigenvalue weighted by atomic mass is 9.91. The van der Waals surface area contributed by atoms with Gasteiger partial charge in [0, 0.05) is 29.4 Å². The Morgan fingerprint density at radius 1 is 1.04 bits per heavy atom. The summed E-state index contributed by atoms with van der Waals surface area (Å²) in [6, 6.07) is 8.82. The van der Waals surface area contributed by atoms with Crippen LogP contribution in [0.4, 0.5) is 10.1 Å². The largest absolute Gasteiger partial charge is 0.505 e. The molecule has 0 spiro atoms. The van der Waals surface area contributed by atoms with Crippen LogP contribution < -0.4 is 11.1 Å². The topological polar surface area (TPSA) is 71.2 Å². The second kappa shape index (κ2) is 7.74. The zero-order valence-electron chi connectivity index (χ0n) is 15.1. The van der Waals surface area contributed by atoms with Gasteiger partial charge in [0.1, 0.15) is 11.3 Å². The van der Waals surface area contributed by atoms with Gasteiger partial charge in [-0.05, 0) is 67.1 Å². The zero-order valence-corrected chi connectivity index (χ0v) is 16.6. The number of phenolic OH excluding ortho intramolecular Hbond substituents is 1. The van der Waals surface area contributed by atoms with Gasteiger partial charge in [-0.1, -0.05) is 23.2 Å². The van der Waals surface area contributed by atoms with Gasteiger partial charge in [0.05, 0.1) is 10.0 Å². The zero-order chi connectivity index (χ0) is 19.8. The average molecular weight is 420 g/mol. The summed E-state index contributed by atoms with van der Waals surface area (Å²) in [4.78, 5) is 4.20. The highest BCUT2D eigenvalue weighted by atomic mass is 35.5. The summed E-state index contributed by atoms with van der Waals surface area (Å²) in [6.07, 6.45) is 5.53. The van der Waals surface area contributed by atoms with E-state index in [1.54, 1.807) is 18.3 Å². The number of halogens is 3. The van der Waals surface area contributed by atoms with Crippen LogP contribution in [0.2, 0.25) is 10.0 Å². The fraction of sp³-hybridized carbons (Fsp3) is 0.286. The summed E-state index contributed by atoms with van der Waals surface area (Å²) in [5.41, 5.74) is 8.36. The molecular formula is C21H20Cl2FN3O. The van der Waals surface area contributed by atoms with Gasteiger partial charge in [0.2, 0.25) is 0 Å². The molecule has 7 heteroatoms. The Morgan fingerprint density at radius 3 is 2.36 bits per heavy atom. The molecule has 1 aliphatic rings. The highest BCUT2D eigenvalue weighted by Crippen LogP contribution is 2.38. The molecule has 4 rings (SSSR count). The van der Waals surface area contributed by atoms with Crippen LogP contribution in [0.3, 0.4) is 0 Å². The minimum absolute atomic E-state index is 0.117. The standard InChI is InChI=1S/C21H20Cl2FN3O/c22-16-8-12(9-17(23)21(16)28)11-7-15-19(5-6-26-20(15)18(24)10-11)27-14-3-1-13(25)2-4-14/h5-10,13-14,28H,1-4,25H2,(H,26,27). The van der Waals surface area contributed by atoms with Crippen LogP contribution in [-0.2, 0) is 0 Å². The molecule has 1 heterocycles. The van der Waals surface area contributed by atoms with Crippen molar-refractivity contribution < 1.29 is 9.50 Å². The fourth-order valence-electron chi connectivity index (χ4n) is 3.72. The number of nitrogens with zero attached hydrogens (tertiary/aromatic N) is 1. The van der Waals surface area contributed by atoms with Crippen LogP contribution in [0, 0.1) is 5.82 Å². The number of aromatic hydroxyl groups is 1. The van der Waals surface area contributed by atoms with Gasteiger partial charge in [0.15, 0.2) is 5.75 Å². The maximum Gasteiger partial charge on any atom is 0.152 e. The van der Waals surface area contributed by atoms with Crippen LogP contribution in [0.5, 0.6) is 5.75 Å². The van der Waals surface area contributed by atoms with E-state index in [4.69, 9.17) is 28.9 Å². The van der Waals surface area contributed by atoms with E-state index < -0.39 is 5.82 Å². The molecule has 0 bridgehead atoms. The molecule has 0 atom stereocenters. The third kappa shape index (κ3) is 3.75. The van der Waals surface area contributed by atoms with Crippen LogP contribution in [-0.4, -0.2) is 22.2 Å². The number of nitrogens with two attached hydrogens (primary N) is 1. The van der Waals surface area contributed by atoms with E-state index in [0.29, 0.717) is 28.1 Å². The molecule has 28 heavy (non-hydrogen) atoms. The van der Waals surface area contributed by atoms with Crippen molar-refractivity contribution in [1.29, 1.82) is 0 Å². The smallest absolute Gasteiger partial charge is 0.152 e. The van der Waals surface area contributed by atoms with Gasteiger partial charge >= 0.3 is 0 Å². The second-order valence-corrected chi connectivity index (χ2v) is 8.07. The summed E-state index contributed by atoms with van der Waals surface area (Å²) >= 11 is 12.1. The maximum atomic E-state index is 14.8. The Bertz CT molecular complexity index is 1010. The molecule has 1 saturated carbocycles. The number of aromatic nitrogens is 1. The number of pyridine rings is 1. The number of fused-ring (bicyclic) bond motifs is 1. The molecule has 0 saturated heterocycles. The normalized spacial score (nSPS) is 19.7. The number of rotatable bonds is 3. The van der Waals surface area contributed by atoms with Crippen molar-refractivity contribution in [3.05, 3.63) is 52.4 Å². The number of phenols is 1. The van der Waals surface area contributed by atoms with Crippen LogP contribution in [0.25, 0.3) is 22.0 Å². The van der Waals surface area contributed by atoms with Gasteiger partial charge < -0.3 is 16.2 Å². The Hall–Kier alpha value is -2.08. The highest BCUT2D eigenvalue weighted by molar-refractivity contribution is 6.37. The predicted molar refractivity (Wildman–Crippen MR) is 113 cm³/mol. The summed E-state index contributed by atoms with van der Waals surface area (Å²) < 4.78 is 14.8. The van der Waals surface area contributed by atoms with Crippen molar-refractivity contribution in [2.24, 2.45) is 5.73 Å². The van der Waals surface area contributed by atoms with E-state index in [1.807, 2.05) is 12.1 Å². The lowest BCUT2D eigenvalue weighted by Gasteiger charge is -2.28. The maximum absolute atomic E-state index is 14.8. The molecule has 0 radical (unpaired) electrons. The summed E-state index contributed by atoms with van der Waals surface area (Å²) in [5, 5.41) is 14.2. The first kappa shape index (κ1) is 19.2. The van der Waals surface area contributed by atoms with Crippen LogP contribution >= 0.6 is 23.2 Å². The average Bonchev–Trinajstić information content (AvgIpc) is 2.68. The summed E-state index contributed by atoms with van der Waals surface area (Å²) in [5.74, 6) is -0.616. The third-order valence-corrected chi connectivity index (χ3v) is 5.86. The number of anilines is 1. The molecule has 0 amide bonds. The van der Waals surface area contributed by atoms with Crippen molar-refractivity contribution in [1.82, 2.24) is 4.98 Å². The quantitative estimate of drug-likeness (QED) is 0.506. The minimum atomic E-state index is -0.429.